The van der Waals surface area contributed by atoms with Crippen LogP contribution < -0.4 is 10.6 Å². The summed E-state index contributed by atoms with van der Waals surface area (Å²) < 4.78 is 0. The van der Waals surface area contributed by atoms with Crippen molar-refractivity contribution in [2.45, 2.75) is 32.6 Å². The molecule has 110 valence electrons. The van der Waals surface area contributed by atoms with Crippen molar-refractivity contribution >= 4 is 5.91 Å². The zero-order valence-electron chi connectivity index (χ0n) is 12.7. The van der Waals surface area contributed by atoms with Crippen LogP contribution in [0.5, 0.6) is 0 Å². The largest absolute Gasteiger partial charge is 0.352 e. The van der Waals surface area contributed by atoms with Crippen LogP contribution in [0.4, 0.5) is 0 Å². The van der Waals surface area contributed by atoms with Gasteiger partial charge in [0, 0.05) is 12.1 Å². The summed E-state index contributed by atoms with van der Waals surface area (Å²) in [5.74, 6) is 0.0147. The van der Waals surface area contributed by atoms with E-state index in [1.54, 1.807) is 0 Å². The number of benzene rings is 1. The molecular formula is C17H26N2O. The highest BCUT2D eigenvalue weighted by Gasteiger charge is 2.04. The molecule has 2 N–H and O–H groups in total. The molecule has 0 saturated heterocycles. The second-order valence-electron chi connectivity index (χ2n) is 5.22. The molecule has 0 aliphatic heterocycles. The number of hydrogen-bond donors (Lipinski definition) is 2. The number of rotatable bonds is 9. The first-order valence-corrected chi connectivity index (χ1v) is 7.29. The van der Waals surface area contributed by atoms with Gasteiger partial charge in [0.15, 0.2) is 0 Å². The van der Waals surface area contributed by atoms with Crippen LogP contribution in [0.1, 0.15) is 42.1 Å². The summed E-state index contributed by atoms with van der Waals surface area (Å²) in [6.07, 6.45) is 4.07. The third-order valence-corrected chi connectivity index (χ3v) is 3.20. The van der Waals surface area contributed by atoms with E-state index in [9.17, 15) is 4.79 Å². The number of allylic oxidation sites excluding steroid dienone is 1. The van der Waals surface area contributed by atoms with Crippen LogP contribution in [-0.2, 0) is 6.42 Å². The zero-order valence-corrected chi connectivity index (χ0v) is 12.7. The number of unbranched alkanes of at least 4 members (excludes halogenated alkanes) is 1. The van der Waals surface area contributed by atoms with Gasteiger partial charge in [-0.15, -0.1) is 6.58 Å². The molecule has 1 rings (SSSR count). The fourth-order valence-corrected chi connectivity index (χ4v) is 1.91. The molecule has 1 amide bonds. The fraction of sp³-hybridized carbons (Fsp3) is 0.471. The van der Waals surface area contributed by atoms with Crippen molar-refractivity contribution in [2.75, 3.05) is 20.1 Å². The molecule has 0 atom stereocenters. The minimum atomic E-state index is 0.0147. The topological polar surface area (TPSA) is 41.1 Å². The van der Waals surface area contributed by atoms with Crippen LogP contribution in [0.3, 0.4) is 0 Å². The van der Waals surface area contributed by atoms with Crippen LogP contribution >= 0.6 is 0 Å². The number of carbonyl (C=O) groups is 1. The maximum absolute atomic E-state index is 11.9. The van der Waals surface area contributed by atoms with E-state index in [0.29, 0.717) is 0 Å². The normalized spacial score (nSPS) is 10.3. The van der Waals surface area contributed by atoms with Crippen LogP contribution in [0, 0.1) is 0 Å². The molecule has 20 heavy (non-hydrogen) atoms. The van der Waals surface area contributed by atoms with Gasteiger partial charge in [-0.2, -0.15) is 0 Å². The van der Waals surface area contributed by atoms with Crippen molar-refractivity contribution in [3.05, 3.63) is 47.5 Å². The lowest BCUT2D eigenvalue weighted by Gasteiger charge is -2.06. The number of amides is 1. The van der Waals surface area contributed by atoms with E-state index < -0.39 is 0 Å². The standard InChI is InChI=1S/C17H26N2O/c1-14(2)6-7-15-8-10-16(11-9-15)17(20)19-13-5-4-12-18-3/h8-11,18H,1,4-7,12-13H2,2-3H3,(H,19,20). The van der Waals surface area contributed by atoms with Crippen molar-refractivity contribution < 1.29 is 4.79 Å². The van der Waals surface area contributed by atoms with E-state index in [0.717, 1.165) is 44.3 Å². The molecule has 0 fully saturated rings. The van der Waals surface area contributed by atoms with Crippen molar-refractivity contribution in [3.63, 3.8) is 0 Å². The molecule has 0 aliphatic carbocycles. The third kappa shape index (κ3) is 6.53. The van der Waals surface area contributed by atoms with Gasteiger partial charge in [0.25, 0.3) is 5.91 Å². The predicted octanol–water partition coefficient (Wildman–Crippen LogP) is 2.92. The molecule has 1 aromatic rings. The van der Waals surface area contributed by atoms with Gasteiger partial charge in [0.1, 0.15) is 0 Å². The monoisotopic (exact) mass is 274 g/mol. The minimum Gasteiger partial charge on any atom is -0.352 e. The van der Waals surface area contributed by atoms with Gasteiger partial charge in [-0.25, -0.2) is 0 Å². The van der Waals surface area contributed by atoms with Crippen molar-refractivity contribution in [1.29, 1.82) is 0 Å². The Morgan fingerprint density at radius 3 is 2.40 bits per heavy atom. The molecule has 0 spiro atoms. The predicted molar refractivity (Wildman–Crippen MR) is 85.1 cm³/mol. The average Bonchev–Trinajstić information content (AvgIpc) is 2.45. The Hall–Kier alpha value is -1.61. The van der Waals surface area contributed by atoms with Gasteiger partial charge in [-0.3, -0.25) is 4.79 Å². The molecule has 0 bridgehead atoms. The molecule has 0 saturated carbocycles. The Morgan fingerprint density at radius 2 is 1.80 bits per heavy atom. The molecule has 1 aromatic carbocycles. The molecule has 0 aliphatic rings. The Bertz CT molecular complexity index is 423. The lowest BCUT2D eigenvalue weighted by Crippen LogP contribution is -2.25. The second kappa shape index (κ2) is 9.32. The first-order chi connectivity index (χ1) is 9.63. The lowest BCUT2D eigenvalue weighted by molar-refractivity contribution is 0.0953. The molecule has 3 heteroatoms. The van der Waals surface area contributed by atoms with Gasteiger partial charge < -0.3 is 10.6 Å². The number of aryl methyl sites for hydroxylation is 1. The number of hydrogen-bond acceptors (Lipinski definition) is 2. The summed E-state index contributed by atoms with van der Waals surface area (Å²) in [4.78, 5) is 11.9. The lowest BCUT2D eigenvalue weighted by atomic mass is 10.0. The van der Waals surface area contributed by atoms with Crippen LogP contribution in [-0.4, -0.2) is 26.0 Å². The Labute approximate surface area is 122 Å². The first-order valence-electron chi connectivity index (χ1n) is 7.29. The molecular weight excluding hydrogens is 248 g/mol. The molecule has 0 unspecified atom stereocenters. The highest BCUT2D eigenvalue weighted by atomic mass is 16.1. The van der Waals surface area contributed by atoms with E-state index in [-0.39, 0.29) is 5.91 Å². The summed E-state index contributed by atoms with van der Waals surface area (Å²) in [5, 5.41) is 6.04. The van der Waals surface area contributed by atoms with Crippen LogP contribution in [0.15, 0.2) is 36.4 Å². The van der Waals surface area contributed by atoms with Gasteiger partial charge in [0.2, 0.25) is 0 Å². The molecule has 0 aromatic heterocycles. The molecule has 0 heterocycles. The van der Waals surface area contributed by atoms with E-state index in [1.807, 2.05) is 38.2 Å². The third-order valence-electron chi connectivity index (χ3n) is 3.20. The van der Waals surface area contributed by atoms with E-state index in [4.69, 9.17) is 0 Å². The molecule has 3 nitrogen and oxygen atoms in total. The van der Waals surface area contributed by atoms with Crippen molar-refractivity contribution in [2.24, 2.45) is 0 Å². The minimum absolute atomic E-state index is 0.0147. The van der Waals surface area contributed by atoms with Gasteiger partial charge >= 0.3 is 0 Å². The van der Waals surface area contributed by atoms with Crippen LogP contribution in [0.25, 0.3) is 0 Å². The smallest absolute Gasteiger partial charge is 0.251 e. The Morgan fingerprint density at radius 1 is 1.15 bits per heavy atom. The summed E-state index contributed by atoms with van der Waals surface area (Å²) >= 11 is 0. The van der Waals surface area contributed by atoms with E-state index in [1.165, 1.54) is 11.1 Å². The maximum Gasteiger partial charge on any atom is 0.251 e. The molecule has 0 radical (unpaired) electrons. The average molecular weight is 274 g/mol. The maximum atomic E-state index is 11.9. The quantitative estimate of drug-likeness (QED) is 0.537. The highest BCUT2D eigenvalue weighted by Crippen LogP contribution is 2.09. The second-order valence-corrected chi connectivity index (χ2v) is 5.22. The summed E-state index contributed by atoms with van der Waals surface area (Å²) in [6, 6.07) is 7.85. The zero-order chi connectivity index (χ0) is 14.8. The summed E-state index contributed by atoms with van der Waals surface area (Å²) in [5.41, 5.74) is 3.17. The van der Waals surface area contributed by atoms with Crippen molar-refractivity contribution in [1.82, 2.24) is 10.6 Å². The summed E-state index contributed by atoms with van der Waals surface area (Å²) in [6.45, 7) is 7.67. The first kappa shape index (κ1) is 16.4. The number of carbonyl (C=O) groups excluding carboxylic acids is 1. The van der Waals surface area contributed by atoms with Gasteiger partial charge in [0.05, 0.1) is 0 Å². The van der Waals surface area contributed by atoms with E-state index in [2.05, 4.69) is 17.2 Å². The van der Waals surface area contributed by atoms with Crippen LogP contribution in [0.2, 0.25) is 0 Å². The summed E-state index contributed by atoms with van der Waals surface area (Å²) in [7, 11) is 1.94. The SMILES string of the molecule is C=C(C)CCc1ccc(C(=O)NCCCCNC)cc1. The Kier molecular flexibility index (Phi) is 7.66. The highest BCUT2D eigenvalue weighted by molar-refractivity contribution is 5.94. The number of nitrogens with one attached hydrogen (secondary N) is 2. The Balaban J connectivity index is 2.35. The van der Waals surface area contributed by atoms with Crippen molar-refractivity contribution in [3.8, 4) is 0 Å². The van der Waals surface area contributed by atoms with Gasteiger partial charge in [-0.1, -0.05) is 17.7 Å². The van der Waals surface area contributed by atoms with Gasteiger partial charge in [-0.05, 0) is 63.9 Å². The van der Waals surface area contributed by atoms with E-state index >= 15 is 0 Å². The fourth-order valence-electron chi connectivity index (χ4n) is 1.91.